The maximum absolute atomic E-state index is 12.3. The predicted molar refractivity (Wildman–Crippen MR) is 58.3 cm³/mol. The van der Waals surface area contributed by atoms with E-state index in [2.05, 4.69) is 0 Å². The van der Waals surface area contributed by atoms with Crippen molar-refractivity contribution in [2.75, 3.05) is 6.67 Å². The molecule has 0 fully saturated rings. The molecular weight excluding hydrogens is 246 g/mol. The highest BCUT2D eigenvalue weighted by Crippen LogP contribution is 2.27. The van der Waals surface area contributed by atoms with Crippen molar-refractivity contribution in [3.05, 3.63) is 38.9 Å². The average molecular weight is 255 g/mol. The third kappa shape index (κ3) is 3.30. The number of alkyl halides is 1. The zero-order chi connectivity index (χ0) is 10.7. The number of rotatable bonds is 3. The van der Waals surface area contributed by atoms with E-state index in [0.717, 1.165) is 0 Å². The lowest BCUT2D eigenvalue weighted by molar-refractivity contribution is -0.385. The van der Waals surface area contributed by atoms with Gasteiger partial charge in [-0.2, -0.15) is 0 Å². The number of nitro benzene ring substituents is 1. The summed E-state index contributed by atoms with van der Waals surface area (Å²) < 4.78 is 12.3. The Kier molecular flexibility index (Phi) is 5.49. The third-order valence-electron chi connectivity index (χ3n) is 1.75. The molecule has 0 saturated heterocycles. The Hall–Kier alpha value is -0.910. The van der Waals surface area contributed by atoms with Crippen LogP contribution in [0.3, 0.4) is 0 Å². The van der Waals surface area contributed by atoms with Gasteiger partial charge in [0, 0.05) is 11.1 Å². The van der Waals surface area contributed by atoms with Crippen molar-refractivity contribution in [1.29, 1.82) is 0 Å². The van der Waals surface area contributed by atoms with Gasteiger partial charge < -0.3 is 5.73 Å². The van der Waals surface area contributed by atoms with Crippen LogP contribution in [0.5, 0.6) is 0 Å². The number of hydrogen-bond donors (Lipinski definition) is 1. The first kappa shape index (κ1) is 14.1. The van der Waals surface area contributed by atoms with E-state index in [1.807, 2.05) is 0 Å². The molecule has 0 aliphatic rings. The molecule has 0 radical (unpaired) electrons. The van der Waals surface area contributed by atoms with Crippen LogP contribution in [-0.4, -0.2) is 11.6 Å². The maximum Gasteiger partial charge on any atom is 0.274 e. The van der Waals surface area contributed by atoms with E-state index < -0.39 is 17.6 Å². The highest BCUT2D eigenvalue weighted by molar-refractivity contribution is 6.30. The Bertz CT molecular complexity index is 362. The lowest BCUT2D eigenvalue weighted by Gasteiger charge is -2.07. The highest BCUT2D eigenvalue weighted by atomic mass is 35.5. The summed E-state index contributed by atoms with van der Waals surface area (Å²) in [6.07, 6.45) is 0. The standard InChI is InChI=1S/C8H8ClFN2O2.ClH/c9-5-1-2-8(12(13)14)6(3-5)7(11)4-10;/h1-3,7H,4,11H2;1H/t7-;/m1./s1. The topological polar surface area (TPSA) is 69.2 Å². The van der Waals surface area contributed by atoms with Gasteiger partial charge in [-0.15, -0.1) is 12.4 Å². The molecule has 0 unspecified atom stereocenters. The number of benzene rings is 1. The number of halogens is 3. The highest BCUT2D eigenvalue weighted by Gasteiger charge is 2.19. The monoisotopic (exact) mass is 254 g/mol. The average Bonchev–Trinajstić information content (AvgIpc) is 2.16. The predicted octanol–water partition coefficient (Wildman–Crippen LogP) is 2.64. The quantitative estimate of drug-likeness (QED) is 0.666. The molecule has 0 spiro atoms. The smallest absolute Gasteiger partial charge is 0.274 e. The second kappa shape index (κ2) is 5.85. The summed E-state index contributed by atoms with van der Waals surface area (Å²) in [5, 5.41) is 10.8. The molecule has 0 bridgehead atoms. The Morgan fingerprint density at radius 3 is 2.67 bits per heavy atom. The minimum Gasteiger partial charge on any atom is -0.322 e. The van der Waals surface area contributed by atoms with Gasteiger partial charge in [-0.3, -0.25) is 10.1 Å². The van der Waals surface area contributed by atoms with Gasteiger partial charge >= 0.3 is 0 Å². The van der Waals surface area contributed by atoms with Gasteiger partial charge in [0.25, 0.3) is 5.69 Å². The molecule has 2 N–H and O–H groups in total. The zero-order valence-corrected chi connectivity index (χ0v) is 9.09. The minimum atomic E-state index is -1.01. The van der Waals surface area contributed by atoms with Gasteiger partial charge in [0.1, 0.15) is 6.67 Å². The van der Waals surface area contributed by atoms with Crippen LogP contribution in [-0.2, 0) is 0 Å². The first-order chi connectivity index (χ1) is 6.56. The fraction of sp³-hybridized carbons (Fsp3) is 0.250. The van der Waals surface area contributed by atoms with Crippen molar-refractivity contribution in [2.24, 2.45) is 5.73 Å². The summed E-state index contributed by atoms with van der Waals surface area (Å²) in [6.45, 7) is -0.860. The van der Waals surface area contributed by atoms with Crippen LogP contribution in [0.15, 0.2) is 18.2 Å². The number of nitro groups is 1. The Balaban J connectivity index is 0.00000196. The summed E-state index contributed by atoms with van der Waals surface area (Å²) >= 11 is 5.62. The summed E-state index contributed by atoms with van der Waals surface area (Å²) in [4.78, 5) is 9.93. The van der Waals surface area contributed by atoms with Crippen molar-refractivity contribution in [2.45, 2.75) is 6.04 Å². The molecule has 84 valence electrons. The van der Waals surface area contributed by atoms with Crippen LogP contribution in [0.1, 0.15) is 11.6 Å². The Labute approximate surface area is 96.8 Å². The normalized spacial score (nSPS) is 11.7. The first-order valence-electron chi connectivity index (χ1n) is 3.81. The van der Waals surface area contributed by atoms with E-state index >= 15 is 0 Å². The van der Waals surface area contributed by atoms with Crippen LogP contribution in [0, 0.1) is 10.1 Å². The second-order valence-corrected chi connectivity index (χ2v) is 3.16. The lowest BCUT2D eigenvalue weighted by atomic mass is 10.1. The number of hydrogen-bond acceptors (Lipinski definition) is 3. The fourth-order valence-corrected chi connectivity index (χ4v) is 1.25. The molecule has 7 heteroatoms. The molecule has 15 heavy (non-hydrogen) atoms. The molecule has 0 aliphatic carbocycles. The number of nitrogens with zero attached hydrogens (tertiary/aromatic N) is 1. The van der Waals surface area contributed by atoms with E-state index in [0.29, 0.717) is 5.02 Å². The van der Waals surface area contributed by atoms with Crippen LogP contribution in [0.4, 0.5) is 10.1 Å². The van der Waals surface area contributed by atoms with Gasteiger partial charge in [-0.1, -0.05) is 11.6 Å². The lowest BCUT2D eigenvalue weighted by Crippen LogP contribution is -2.14. The summed E-state index contributed by atoms with van der Waals surface area (Å²) in [7, 11) is 0. The van der Waals surface area contributed by atoms with Gasteiger partial charge in [-0.25, -0.2) is 4.39 Å². The molecule has 0 aliphatic heterocycles. The van der Waals surface area contributed by atoms with Crippen LogP contribution < -0.4 is 5.73 Å². The molecule has 1 aromatic carbocycles. The minimum absolute atomic E-state index is 0. The van der Waals surface area contributed by atoms with Crippen molar-refractivity contribution >= 4 is 29.7 Å². The second-order valence-electron chi connectivity index (χ2n) is 2.72. The SMILES string of the molecule is Cl.N[C@H](CF)c1cc(Cl)ccc1[N+](=O)[O-]. The van der Waals surface area contributed by atoms with Gasteiger partial charge in [0.2, 0.25) is 0 Å². The number of nitrogens with two attached hydrogens (primary N) is 1. The van der Waals surface area contributed by atoms with Crippen LogP contribution in [0.25, 0.3) is 0 Å². The molecule has 0 amide bonds. The van der Waals surface area contributed by atoms with E-state index in [-0.39, 0.29) is 23.7 Å². The molecule has 0 saturated carbocycles. The van der Waals surface area contributed by atoms with E-state index in [1.165, 1.54) is 18.2 Å². The van der Waals surface area contributed by atoms with Crippen molar-refractivity contribution < 1.29 is 9.31 Å². The summed E-state index contributed by atoms with van der Waals surface area (Å²) in [6, 6.07) is 2.89. The van der Waals surface area contributed by atoms with Gasteiger partial charge in [-0.05, 0) is 12.1 Å². The molecule has 1 atom stereocenters. The maximum atomic E-state index is 12.3. The third-order valence-corrected chi connectivity index (χ3v) is 1.99. The van der Waals surface area contributed by atoms with Crippen molar-refractivity contribution in [1.82, 2.24) is 0 Å². The van der Waals surface area contributed by atoms with Gasteiger partial charge in [0.15, 0.2) is 0 Å². The summed E-state index contributed by atoms with van der Waals surface area (Å²) in [5.74, 6) is 0. The molecule has 1 rings (SSSR count). The largest absolute Gasteiger partial charge is 0.322 e. The Morgan fingerprint density at radius 1 is 1.60 bits per heavy atom. The van der Waals surface area contributed by atoms with E-state index in [4.69, 9.17) is 17.3 Å². The molecule has 0 aromatic heterocycles. The van der Waals surface area contributed by atoms with Gasteiger partial charge in [0.05, 0.1) is 16.5 Å². The first-order valence-corrected chi connectivity index (χ1v) is 4.19. The molecule has 0 heterocycles. The Morgan fingerprint density at radius 2 is 2.20 bits per heavy atom. The molecule has 4 nitrogen and oxygen atoms in total. The van der Waals surface area contributed by atoms with E-state index in [9.17, 15) is 14.5 Å². The van der Waals surface area contributed by atoms with Crippen molar-refractivity contribution in [3.63, 3.8) is 0 Å². The van der Waals surface area contributed by atoms with Crippen LogP contribution in [0.2, 0.25) is 5.02 Å². The fourth-order valence-electron chi connectivity index (χ4n) is 1.07. The molecular formula is C8H9Cl2FN2O2. The van der Waals surface area contributed by atoms with Crippen molar-refractivity contribution in [3.8, 4) is 0 Å². The van der Waals surface area contributed by atoms with Crippen LogP contribution >= 0.6 is 24.0 Å². The van der Waals surface area contributed by atoms with E-state index in [1.54, 1.807) is 0 Å². The summed E-state index contributed by atoms with van der Waals surface area (Å²) in [5.41, 5.74) is 5.27. The molecule has 1 aromatic rings. The zero-order valence-electron chi connectivity index (χ0n) is 7.52.